The molecule has 0 aliphatic carbocycles. The van der Waals surface area contributed by atoms with Crippen molar-refractivity contribution >= 4 is 7.28 Å². The molecule has 2 fully saturated rings. The van der Waals surface area contributed by atoms with Crippen molar-refractivity contribution in [2.24, 2.45) is 0 Å². The van der Waals surface area contributed by atoms with Gasteiger partial charge in [-0.3, -0.25) is 0 Å². The van der Waals surface area contributed by atoms with Crippen molar-refractivity contribution in [1.29, 1.82) is 0 Å². The van der Waals surface area contributed by atoms with E-state index in [4.69, 9.17) is 0 Å². The van der Waals surface area contributed by atoms with Gasteiger partial charge >= 0.3 is 0 Å². The topological polar surface area (TPSA) is 3.24 Å². The molecule has 0 aromatic heterocycles. The molecule has 2 aliphatic rings. The summed E-state index contributed by atoms with van der Waals surface area (Å²) in [5, 5.41) is 0. The Bertz CT molecular complexity index is 131. The van der Waals surface area contributed by atoms with Crippen molar-refractivity contribution in [3.63, 3.8) is 0 Å². The second-order valence-electron chi connectivity index (χ2n) is 3.80. The van der Waals surface area contributed by atoms with Crippen molar-refractivity contribution in [2.45, 2.75) is 37.4 Å². The van der Waals surface area contributed by atoms with Crippen LogP contribution in [-0.4, -0.2) is 31.3 Å². The lowest BCUT2D eigenvalue weighted by molar-refractivity contribution is 0.0928. The first-order valence-corrected chi connectivity index (χ1v) is 4.36. The molecule has 2 aliphatic heterocycles. The Morgan fingerprint density at radius 3 is 2.50 bits per heavy atom. The van der Waals surface area contributed by atoms with Crippen LogP contribution in [-0.2, 0) is 0 Å². The van der Waals surface area contributed by atoms with Crippen molar-refractivity contribution in [2.75, 3.05) is 13.6 Å². The van der Waals surface area contributed by atoms with E-state index in [1.54, 1.807) is 0 Å². The first-order valence-electron chi connectivity index (χ1n) is 4.36. The fraction of sp³-hybridized carbons (Fsp3) is 1.00. The standard InChI is InChI=1S/C8H15BN/c1-10-5-3-2-4-8(10)6-9-7-8/h2-7H2,1H3. The molecule has 55 valence electrons. The lowest BCUT2D eigenvalue weighted by Crippen LogP contribution is -2.56. The molecule has 2 heterocycles. The molecule has 1 nitrogen and oxygen atoms in total. The van der Waals surface area contributed by atoms with Gasteiger partial charge in [0.25, 0.3) is 0 Å². The maximum absolute atomic E-state index is 2.57. The summed E-state index contributed by atoms with van der Waals surface area (Å²) >= 11 is 0. The van der Waals surface area contributed by atoms with Gasteiger partial charge in [-0.05, 0) is 26.4 Å². The highest BCUT2D eigenvalue weighted by molar-refractivity contribution is 6.41. The van der Waals surface area contributed by atoms with Gasteiger partial charge in [0.15, 0.2) is 0 Å². The monoisotopic (exact) mass is 136 g/mol. The first kappa shape index (κ1) is 6.72. The molecule has 10 heavy (non-hydrogen) atoms. The summed E-state index contributed by atoms with van der Waals surface area (Å²) in [5.41, 5.74) is 0.637. The molecule has 0 saturated carbocycles. The SMILES string of the molecule is CN1CCCCC12C[B]C2. The van der Waals surface area contributed by atoms with E-state index in [0.29, 0.717) is 5.54 Å². The van der Waals surface area contributed by atoms with Crippen molar-refractivity contribution in [3.05, 3.63) is 0 Å². The number of hydrogen-bond donors (Lipinski definition) is 0. The second-order valence-corrected chi connectivity index (χ2v) is 3.80. The molecular formula is C8H15BN. The minimum absolute atomic E-state index is 0.637. The molecular weight excluding hydrogens is 121 g/mol. The average molecular weight is 136 g/mol. The van der Waals surface area contributed by atoms with Crippen LogP contribution in [0.4, 0.5) is 0 Å². The molecule has 1 radical (unpaired) electrons. The van der Waals surface area contributed by atoms with Gasteiger partial charge in [0.1, 0.15) is 7.28 Å². The Kier molecular flexibility index (Phi) is 1.52. The lowest BCUT2D eigenvalue weighted by atomic mass is 9.44. The zero-order chi connectivity index (χ0) is 7.03. The maximum Gasteiger partial charge on any atom is 0.114 e. The Morgan fingerprint density at radius 2 is 2.10 bits per heavy atom. The van der Waals surface area contributed by atoms with E-state index in [2.05, 4.69) is 19.2 Å². The molecule has 0 amide bonds. The molecule has 2 rings (SSSR count). The van der Waals surface area contributed by atoms with E-state index in [-0.39, 0.29) is 0 Å². The Morgan fingerprint density at radius 1 is 1.30 bits per heavy atom. The third kappa shape index (κ3) is 0.816. The van der Waals surface area contributed by atoms with Crippen LogP contribution in [0.2, 0.25) is 12.6 Å². The maximum atomic E-state index is 2.57. The quantitative estimate of drug-likeness (QED) is 0.455. The first-order chi connectivity index (χ1) is 4.83. The summed E-state index contributed by atoms with van der Waals surface area (Å²) in [7, 11) is 4.70. The van der Waals surface area contributed by atoms with Crippen molar-refractivity contribution in [3.8, 4) is 0 Å². The third-order valence-corrected chi connectivity index (χ3v) is 3.24. The number of rotatable bonds is 0. The van der Waals surface area contributed by atoms with Crippen LogP contribution >= 0.6 is 0 Å². The zero-order valence-electron chi connectivity index (χ0n) is 6.77. The third-order valence-electron chi connectivity index (χ3n) is 3.24. The van der Waals surface area contributed by atoms with Crippen LogP contribution in [0.25, 0.3) is 0 Å². The Hall–Kier alpha value is 0.0249. The van der Waals surface area contributed by atoms with E-state index in [1.807, 2.05) is 0 Å². The summed E-state index contributed by atoms with van der Waals surface area (Å²) in [6.07, 6.45) is 7.02. The number of piperidine rings is 1. The smallest absolute Gasteiger partial charge is 0.114 e. The molecule has 0 aromatic carbocycles. The Labute approximate surface area is 64.0 Å². The summed E-state index contributed by atoms with van der Waals surface area (Å²) in [6, 6.07) is 0. The van der Waals surface area contributed by atoms with E-state index < -0.39 is 0 Å². The number of likely N-dealkylation sites (tertiary alicyclic amines) is 1. The van der Waals surface area contributed by atoms with Crippen LogP contribution in [0.3, 0.4) is 0 Å². The fourth-order valence-electron chi connectivity index (χ4n) is 2.22. The molecule has 0 atom stereocenters. The molecule has 0 aromatic rings. The van der Waals surface area contributed by atoms with Gasteiger partial charge in [0, 0.05) is 5.54 Å². The van der Waals surface area contributed by atoms with Crippen LogP contribution < -0.4 is 0 Å². The lowest BCUT2D eigenvalue weighted by Gasteiger charge is -2.51. The van der Waals surface area contributed by atoms with Gasteiger partial charge in [-0.25, -0.2) is 0 Å². The summed E-state index contributed by atoms with van der Waals surface area (Å²) in [5.74, 6) is 0. The molecule has 0 unspecified atom stereocenters. The second kappa shape index (κ2) is 2.26. The van der Waals surface area contributed by atoms with Crippen LogP contribution in [0.1, 0.15) is 19.3 Å². The minimum Gasteiger partial charge on any atom is -0.302 e. The normalized spacial score (nSPS) is 31.3. The van der Waals surface area contributed by atoms with E-state index in [0.717, 1.165) is 0 Å². The highest BCUT2D eigenvalue weighted by Crippen LogP contribution is 2.40. The zero-order valence-corrected chi connectivity index (χ0v) is 6.77. The summed E-state index contributed by atoms with van der Waals surface area (Å²) < 4.78 is 0. The summed E-state index contributed by atoms with van der Waals surface area (Å²) in [6.45, 7) is 1.33. The van der Waals surface area contributed by atoms with Crippen molar-refractivity contribution < 1.29 is 0 Å². The predicted molar refractivity (Wildman–Crippen MR) is 44.6 cm³/mol. The van der Waals surface area contributed by atoms with Crippen LogP contribution in [0.15, 0.2) is 0 Å². The van der Waals surface area contributed by atoms with E-state index >= 15 is 0 Å². The molecule has 2 heteroatoms. The molecule has 0 bridgehead atoms. The highest BCUT2D eigenvalue weighted by Gasteiger charge is 2.41. The highest BCUT2D eigenvalue weighted by atomic mass is 15.2. The van der Waals surface area contributed by atoms with E-state index in [9.17, 15) is 0 Å². The van der Waals surface area contributed by atoms with Gasteiger partial charge in [0.05, 0.1) is 0 Å². The van der Waals surface area contributed by atoms with Crippen molar-refractivity contribution in [1.82, 2.24) is 4.90 Å². The van der Waals surface area contributed by atoms with Gasteiger partial charge in [-0.1, -0.05) is 19.1 Å². The van der Waals surface area contributed by atoms with Gasteiger partial charge in [0.2, 0.25) is 0 Å². The predicted octanol–water partition coefficient (Wildman–Crippen LogP) is 1.40. The van der Waals surface area contributed by atoms with E-state index in [1.165, 1.54) is 38.4 Å². The average Bonchev–Trinajstić information content (AvgIpc) is 1.85. The summed E-state index contributed by atoms with van der Waals surface area (Å²) in [4.78, 5) is 2.57. The largest absolute Gasteiger partial charge is 0.302 e. The number of hydrogen-bond acceptors (Lipinski definition) is 1. The fourth-order valence-corrected chi connectivity index (χ4v) is 2.22. The molecule has 1 spiro atoms. The van der Waals surface area contributed by atoms with Gasteiger partial charge in [-0.15, -0.1) is 0 Å². The minimum atomic E-state index is 0.637. The molecule has 2 saturated heterocycles. The van der Waals surface area contributed by atoms with Gasteiger partial charge < -0.3 is 4.90 Å². The molecule has 0 N–H and O–H groups in total. The van der Waals surface area contributed by atoms with Crippen LogP contribution in [0.5, 0.6) is 0 Å². The number of nitrogens with zero attached hydrogens (tertiary/aromatic N) is 1. The van der Waals surface area contributed by atoms with Gasteiger partial charge in [-0.2, -0.15) is 0 Å². The van der Waals surface area contributed by atoms with Crippen LogP contribution in [0, 0.1) is 0 Å². The Balaban J connectivity index is 2.03.